The molecule has 6 heteroatoms. The molecule has 0 aromatic heterocycles. The molecule has 0 unspecified atom stereocenters. The molecule has 0 amide bonds. The van der Waals surface area contributed by atoms with Gasteiger partial charge < -0.3 is 10.2 Å². The van der Waals surface area contributed by atoms with Crippen molar-refractivity contribution in [3.63, 3.8) is 0 Å². The third kappa shape index (κ3) is 10.3. The molecule has 0 aliphatic rings. The Labute approximate surface area is 104 Å². The van der Waals surface area contributed by atoms with E-state index in [4.69, 9.17) is 19.8 Å². The number of rotatable bonds is 0. The van der Waals surface area contributed by atoms with Crippen molar-refractivity contribution in [2.45, 2.75) is 0 Å². The first kappa shape index (κ1) is 16.2. The van der Waals surface area contributed by atoms with Crippen LogP contribution < -0.4 is 0 Å². The van der Waals surface area contributed by atoms with Gasteiger partial charge in [0.25, 0.3) is 0 Å². The molecule has 0 radical (unpaired) electrons. The fraction of sp³-hybridized carbons (Fsp3) is 0. The minimum absolute atomic E-state index is 0. The van der Waals surface area contributed by atoms with Crippen molar-refractivity contribution in [1.29, 1.82) is 0 Å². The van der Waals surface area contributed by atoms with Gasteiger partial charge in [0.15, 0.2) is 0 Å². The predicted molar refractivity (Wildman–Crippen MR) is 31.0 cm³/mol. The minimum atomic E-state index is -1.82. The van der Waals surface area contributed by atoms with Crippen LogP contribution in [-0.4, -0.2) is 96.6 Å². The zero-order chi connectivity index (χ0) is 5.15. The van der Waals surface area contributed by atoms with Gasteiger partial charge in [-0.25, -0.2) is 9.59 Å². The molecule has 40 valence electrons. The van der Waals surface area contributed by atoms with Crippen molar-refractivity contribution in [2.24, 2.45) is 0 Å². The zero-order valence-corrected chi connectivity index (χ0v) is 2.71. The van der Waals surface area contributed by atoms with Crippen LogP contribution in [0.4, 0.5) is 0 Å². The molecular weight excluding hydrogens is 151 g/mol. The fourth-order valence-electron chi connectivity index (χ4n) is 0. The second-order valence-corrected chi connectivity index (χ2v) is 0.610. The molecule has 8 heavy (non-hydrogen) atoms. The number of carboxylic acid groups (broad SMARTS) is 2. The van der Waals surface area contributed by atoms with Crippen molar-refractivity contribution < 1.29 is 19.8 Å². The van der Waals surface area contributed by atoms with Crippen LogP contribution in [0.1, 0.15) is 0 Å². The van der Waals surface area contributed by atoms with Crippen molar-refractivity contribution >= 4 is 86.4 Å². The topological polar surface area (TPSA) is 74.6 Å². The van der Waals surface area contributed by atoms with Gasteiger partial charge in [0, 0.05) is 0 Å². The molecule has 0 saturated heterocycles. The van der Waals surface area contributed by atoms with Gasteiger partial charge in [-0.1, -0.05) is 0 Å². The summed E-state index contributed by atoms with van der Waals surface area (Å²) in [6.45, 7) is 0. The number of carboxylic acids is 2. The number of hydrogen-bond acceptors (Lipinski definition) is 2. The summed E-state index contributed by atoms with van der Waals surface area (Å²) < 4.78 is 0. The largest absolute Gasteiger partial charge is 0.316 e. The van der Waals surface area contributed by atoms with Gasteiger partial charge in [-0.2, -0.15) is 0 Å². The van der Waals surface area contributed by atoms with Crippen LogP contribution in [0.5, 0.6) is 0 Å². The molecule has 0 bridgehead atoms. The average molecular weight is 156 g/mol. The van der Waals surface area contributed by atoms with E-state index < -0.39 is 11.9 Å². The van der Waals surface area contributed by atoms with Gasteiger partial charge >= 0.3 is 86.4 Å². The van der Waals surface area contributed by atoms with Crippen molar-refractivity contribution in [3.8, 4) is 0 Å². The van der Waals surface area contributed by atoms with Crippen LogP contribution in [0, 0.1) is 0 Å². The first-order valence-corrected chi connectivity index (χ1v) is 1.11. The van der Waals surface area contributed by atoms with Gasteiger partial charge in [0.05, 0.1) is 0 Å². The summed E-state index contributed by atoms with van der Waals surface area (Å²) in [7, 11) is 0. The maximum absolute atomic E-state index is 9.10. The van der Waals surface area contributed by atoms with Crippen LogP contribution in [0.15, 0.2) is 0 Å². The summed E-state index contributed by atoms with van der Waals surface area (Å²) in [5.74, 6) is -3.65. The minimum Gasteiger partial charge on any atom is 0.316 e. The van der Waals surface area contributed by atoms with E-state index in [1.807, 2.05) is 0 Å². The first-order valence-electron chi connectivity index (χ1n) is 1.11. The molecule has 0 aliphatic heterocycles. The maximum Gasteiger partial charge on any atom is 0.316 e. The first-order chi connectivity index (χ1) is 2.64. The van der Waals surface area contributed by atoms with Crippen LogP contribution in [0.2, 0.25) is 0 Å². The summed E-state index contributed by atoms with van der Waals surface area (Å²) >= 11 is 0. The molecule has 0 heterocycles. The summed E-state index contributed by atoms with van der Waals surface area (Å²) in [5.41, 5.74) is 0. The number of carbonyl (C=O) groups is 2. The van der Waals surface area contributed by atoms with Gasteiger partial charge in [-0.15, -0.1) is 0 Å². The van der Waals surface area contributed by atoms with E-state index in [9.17, 15) is 0 Å². The number of hydrogen-bond donors (Lipinski definition) is 2. The second kappa shape index (κ2) is 8.34. The normalized spacial score (nSPS) is 5.50. The third-order valence-corrected chi connectivity index (χ3v) is 0.183. The Kier molecular flexibility index (Phi) is 16.9. The molecule has 0 aliphatic carbocycles. The molecule has 2 N–H and O–H groups in total. The summed E-state index contributed by atoms with van der Waals surface area (Å²) in [4.78, 5) is 18.2. The molecule has 0 spiro atoms. The predicted octanol–water partition coefficient (Wildman–Crippen LogP) is -2.41. The zero-order valence-electron chi connectivity index (χ0n) is 2.71. The van der Waals surface area contributed by atoms with Gasteiger partial charge in [-0.05, 0) is 0 Å². The standard InChI is InChI=1S/C2H2O4.K.Mg.3H/c3-1(4)2(5)6;;;;;/h(H,3,4)(H,5,6);;;;;. The molecule has 0 atom stereocenters. The van der Waals surface area contributed by atoms with Crippen LogP contribution in [-0.2, 0) is 9.59 Å². The van der Waals surface area contributed by atoms with Crippen molar-refractivity contribution in [2.75, 3.05) is 0 Å². The Morgan fingerprint density at radius 2 is 1.12 bits per heavy atom. The quantitative estimate of drug-likeness (QED) is 0.303. The molecule has 0 aromatic carbocycles. The van der Waals surface area contributed by atoms with E-state index in [2.05, 4.69) is 0 Å². The SMILES string of the molecule is O=C(O)C(=O)O.[KH].[MgH2]. The van der Waals surface area contributed by atoms with Crippen LogP contribution in [0.25, 0.3) is 0 Å². The molecule has 0 rings (SSSR count). The molecule has 0 fully saturated rings. The Balaban J connectivity index is -0.000000125. The monoisotopic (exact) mass is 156 g/mol. The van der Waals surface area contributed by atoms with Gasteiger partial charge in [0.2, 0.25) is 0 Å². The van der Waals surface area contributed by atoms with E-state index in [1.165, 1.54) is 0 Å². The van der Waals surface area contributed by atoms with Crippen LogP contribution >= 0.6 is 0 Å². The summed E-state index contributed by atoms with van der Waals surface area (Å²) in [6, 6.07) is 0. The third-order valence-electron chi connectivity index (χ3n) is 0.183. The maximum atomic E-state index is 9.10. The molecular formula is C2H5KMgO4. The number of aliphatic carboxylic acids is 2. The summed E-state index contributed by atoms with van der Waals surface area (Å²) in [5, 5.41) is 14.8. The Morgan fingerprint density at radius 3 is 1.12 bits per heavy atom. The van der Waals surface area contributed by atoms with E-state index in [0.29, 0.717) is 0 Å². The molecule has 4 nitrogen and oxygen atoms in total. The fourth-order valence-corrected chi connectivity index (χ4v) is 0. The molecule has 0 saturated carbocycles. The Bertz CT molecular complexity index is 80.0. The van der Waals surface area contributed by atoms with E-state index in [-0.39, 0.29) is 74.4 Å². The van der Waals surface area contributed by atoms with Crippen molar-refractivity contribution in [3.05, 3.63) is 0 Å². The second-order valence-electron chi connectivity index (χ2n) is 0.610. The average Bonchev–Trinajstić information content (AvgIpc) is 1.36. The van der Waals surface area contributed by atoms with Crippen LogP contribution in [0.3, 0.4) is 0 Å². The Morgan fingerprint density at radius 1 is 1.00 bits per heavy atom. The molecule has 0 aromatic rings. The van der Waals surface area contributed by atoms with E-state index in [0.717, 1.165) is 0 Å². The van der Waals surface area contributed by atoms with Gasteiger partial charge in [0.1, 0.15) is 0 Å². The smallest absolute Gasteiger partial charge is 0.316 e. The Hall–Kier alpha value is 1.34. The van der Waals surface area contributed by atoms with Gasteiger partial charge in [-0.3, -0.25) is 0 Å². The van der Waals surface area contributed by atoms with E-state index in [1.54, 1.807) is 0 Å². The van der Waals surface area contributed by atoms with Crippen molar-refractivity contribution in [1.82, 2.24) is 0 Å². The van der Waals surface area contributed by atoms with E-state index >= 15 is 0 Å². The summed E-state index contributed by atoms with van der Waals surface area (Å²) in [6.07, 6.45) is 0.